The summed E-state index contributed by atoms with van der Waals surface area (Å²) in [6.45, 7) is 4.10. The monoisotopic (exact) mass is 420 g/mol. The Morgan fingerprint density at radius 3 is 1.89 bits per heavy atom. The van der Waals surface area contributed by atoms with Crippen molar-refractivity contribution in [2.45, 2.75) is 24.2 Å². The van der Waals surface area contributed by atoms with Gasteiger partial charge >= 0.3 is 0 Å². The molecular weight excluding hydrogens is 400 g/mol. The normalized spacial score (nSPS) is 15.9. The van der Waals surface area contributed by atoms with Crippen LogP contribution in [0.5, 0.6) is 0 Å². The van der Waals surface area contributed by atoms with Gasteiger partial charge in [-0.2, -0.15) is 0 Å². The molecule has 3 aromatic carbocycles. The average Bonchev–Trinajstić information content (AvgIpc) is 2.95. The molecule has 4 heteroatoms. The zero-order valence-electron chi connectivity index (χ0n) is 15.3. The second kappa shape index (κ2) is 6.63. The molecule has 1 amide bonds. The van der Waals surface area contributed by atoms with Crippen molar-refractivity contribution >= 4 is 27.5 Å². The van der Waals surface area contributed by atoms with Gasteiger partial charge in [-0.15, -0.1) is 0 Å². The maximum Gasteiger partial charge on any atom is 0.244 e. The van der Waals surface area contributed by atoms with Crippen LogP contribution in [0.3, 0.4) is 0 Å². The summed E-state index contributed by atoms with van der Waals surface area (Å²) in [4.78, 5) is 13.2. The van der Waals surface area contributed by atoms with Crippen LogP contribution in [-0.2, 0) is 10.2 Å². The molecule has 0 saturated carbocycles. The fourth-order valence-electron chi connectivity index (χ4n) is 3.84. The molecule has 3 nitrogen and oxygen atoms in total. The number of nitrogens with two attached hydrogens (primary N) is 1. The Morgan fingerprint density at radius 1 is 0.889 bits per heavy atom. The van der Waals surface area contributed by atoms with E-state index in [9.17, 15) is 4.79 Å². The number of hydrogen-bond acceptors (Lipinski definition) is 2. The molecule has 1 aliphatic rings. The minimum Gasteiger partial charge on any atom is -0.324 e. The van der Waals surface area contributed by atoms with Crippen LogP contribution < -0.4 is 11.1 Å². The van der Waals surface area contributed by atoms with Crippen molar-refractivity contribution in [3.05, 3.63) is 100 Å². The zero-order chi connectivity index (χ0) is 19.2. The Balaban J connectivity index is 2.05. The second-order valence-corrected chi connectivity index (χ2v) is 8.13. The lowest BCUT2D eigenvalue weighted by molar-refractivity contribution is -0.118. The summed E-state index contributed by atoms with van der Waals surface area (Å²) in [6.07, 6.45) is 0. The van der Waals surface area contributed by atoms with E-state index >= 15 is 0 Å². The number of carbonyl (C=O) groups excluding carboxylic acids is 1. The zero-order valence-corrected chi connectivity index (χ0v) is 16.9. The number of alkyl halides is 1. The Hall–Kier alpha value is -2.43. The van der Waals surface area contributed by atoms with Gasteiger partial charge in [-0.3, -0.25) is 4.79 Å². The third-order valence-electron chi connectivity index (χ3n) is 5.32. The van der Waals surface area contributed by atoms with Crippen molar-refractivity contribution in [2.24, 2.45) is 5.73 Å². The number of hydrogen-bond donors (Lipinski definition) is 2. The highest BCUT2D eigenvalue weighted by atomic mass is 79.9. The van der Waals surface area contributed by atoms with Crippen LogP contribution in [-0.4, -0.2) is 5.91 Å². The quantitative estimate of drug-likeness (QED) is 0.465. The number of benzene rings is 3. The average molecular weight is 421 g/mol. The van der Waals surface area contributed by atoms with Crippen molar-refractivity contribution in [1.82, 2.24) is 0 Å². The molecule has 0 fully saturated rings. The molecular formula is C23H21BrN2O. The molecule has 0 saturated heterocycles. The first-order valence-corrected chi connectivity index (χ1v) is 9.84. The van der Waals surface area contributed by atoms with Crippen LogP contribution in [0.4, 0.5) is 5.69 Å². The van der Waals surface area contributed by atoms with Gasteiger partial charge in [0.15, 0.2) is 0 Å². The molecule has 0 aliphatic carbocycles. The lowest BCUT2D eigenvalue weighted by Gasteiger charge is -2.29. The number of halogens is 1. The highest BCUT2D eigenvalue weighted by Gasteiger charge is 2.49. The van der Waals surface area contributed by atoms with Crippen molar-refractivity contribution in [2.75, 3.05) is 5.32 Å². The topological polar surface area (TPSA) is 55.1 Å². The third-order valence-corrected chi connectivity index (χ3v) is 5.85. The van der Waals surface area contributed by atoms with Crippen molar-refractivity contribution in [3.8, 4) is 0 Å². The predicted molar refractivity (Wildman–Crippen MR) is 113 cm³/mol. The predicted octanol–water partition coefficient (Wildman–Crippen LogP) is 4.94. The van der Waals surface area contributed by atoms with Crippen LogP contribution in [0, 0.1) is 13.8 Å². The Kier molecular flexibility index (Phi) is 4.41. The molecule has 3 N–H and O–H groups in total. The van der Waals surface area contributed by atoms with Gasteiger partial charge in [-0.1, -0.05) is 81.7 Å². The minimum absolute atomic E-state index is 0.0366. The van der Waals surface area contributed by atoms with Gasteiger partial charge in [-0.25, -0.2) is 0 Å². The summed E-state index contributed by atoms with van der Waals surface area (Å²) in [5.74, 6) is -0.0366. The first kappa shape index (κ1) is 18.0. The van der Waals surface area contributed by atoms with Gasteiger partial charge in [0.25, 0.3) is 0 Å². The van der Waals surface area contributed by atoms with Crippen molar-refractivity contribution in [3.63, 3.8) is 0 Å². The summed E-state index contributed by atoms with van der Waals surface area (Å²) in [5, 5.41) is 3.09. The Morgan fingerprint density at radius 2 is 1.41 bits per heavy atom. The van der Waals surface area contributed by atoms with Gasteiger partial charge in [-0.05, 0) is 42.7 Å². The molecule has 0 bridgehead atoms. The van der Waals surface area contributed by atoms with Crippen molar-refractivity contribution in [1.29, 1.82) is 0 Å². The lowest BCUT2D eigenvalue weighted by Crippen LogP contribution is -2.37. The summed E-state index contributed by atoms with van der Waals surface area (Å²) in [5.41, 5.74) is 12.1. The number of nitrogens with one attached hydrogen (secondary N) is 1. The van der Waals surface area contributed by atoms with Crippen LogP contribution in [0.2, 0.25) is 0 Å². The number of rotatable bonds is 3. The van der Waals surface area contributed by atoms with Crippen LogP contribution >= 0.6 is 15.9 Å². The van der Waals surface area contributed by atoms with Gasteiger partial charge in [0.2, 0.25) is 5.91 Å². The summed E-state index contributed by atoms with van der Waals surface area (Å²) in [6, 6.07) is 22.3. The molecule has 3 aromatic rings. The summed E-state index contributed by atoms with van der Waals surface area (Å²) < 4.78 is 0. The third kappa shape index (κ3) is 2.80. The van der Waals surface area contributed by atoms with Crippen molar-refractivity contribution < 1.29 is 4.79 Å². The summed E-state index contributed by atoms with van der Waals surface area (Å²) >= 11 is 3.45. The highest BCUT2D eigenvalue weighted by Crippen LogP contribution is 2.48. The van der Waals surface area contributed by atoms with E-state index in [1.54, 1.807) is 0 Å². The Labute approximate surface area is 167 Å². The van der Waals surface area contributed by atoms with Crippen LogP contribution in [0.1, 0.15) is 38.3 Å². The first-order chi connectivity index (χ1) is 12.9. The maximum absolute atomic E-state index is 13.5. The summed E-state index contributed by atoms with van der Waals surface area (Å²) in [7, 11) is 0. The molecule has 4 rings (SSSR count). The van der Waals surface area contributed by atoms with E-state index in [4.69, 9.17) is 5.73 Å². The lowest BCUT2D eigenvalue weighted by atomic mass is 9.69. The van der Waals surface area contributed by atoms with E-state index in [1.165, 1.54) is 0 Å². The highest BCUT2D eigenvalue weighted by molar-refractivity contribution is 9.09. The molecule has 0 aromatic heterocycles. The number of amides is 1. The minimum atomic E-state index is -0.894. The largest absolute Gasteiger partial charge is 0.324 e. The smallest absolute Gasteiger partial charge is 0.244 e. The fraction of sp³-hybridized carbons (Fsp3) is 0.174. The SMILES string of the molecule is Cc1ccc(C2(c3ccc(C)cc3)C(=O)Nc3ccc(C(N)Br)cc32)cc1. The van der Waals surface area contributed by atoms with E-state index in [2.05, 4.69) is 45.5 Å². The van der Waals surface area contributed by atoms with E-state index in [0.29, 0.717) is 0 Å². The fourth-order valence-corrected chi connectivity index (χ4v) is 4.12. The molecule has 1 heterocycles. The standard InChI is InChI=1S/C23H21BrN2O/c1-14-3-8-17(9-4-14)23(18-10-5-15(2)6-11-18)19-13-16(21(24)25)7-12-20(19)26-22(23)27/h3-13,21H,25H2,1-2H3,(H,26,27). The molecule has 1 aliphatic heterocycles. The van der Waals surface area contributed by atoms with Gasteiger partial charge in [0.05, 0.1) is 4.95 Å². The number of aryl methyl sites for hydroxylation is 2. The van der Waals surface area contributed by atoms with Gasteiger partial charge in [0.1, 0.15) is 5.41 Å². The number of fused-ring (bicyclic) bond motifs is 1. The molecule has 27 heavy (non-hydrogen) atoms. The number of carbonyl (C=O) groups is 1. The second-order valence-electron chi connectivity index (χ2n) is 7.14. The van der Waals surface area contributed by atoms with Crippen LogP contribution in [0.25, 0.3) is 0 Å². The van der Waals surface area contributed by atoms with E-state index in [0.717, 1.165) is 39.1 Å². The number of anilines is 1. The van der Waals surface area contributed by atoms with E-state index in [-0.39, 0.29) is 10.9 Å². The van der Waals surface area contributed by atoms with E-state index in [1.807, 2.05) is 56.3 Å². The van der Waals surface area contributed by atoms with E-state index < -0.39 is 5.41 Å². The van der Waals surface area contributed by atoms with Gasteiger partial charge < -0.3 is 11.1 Å². The molecule has 0 radical (unpaired) electrons. The first-order valence-electron chi connectivity index (χ1n) is 8.93. The Bertz CT molecular complexity index is 962. The molecule has 1 atom stereocenters. The van der Waals surface area contributed by atoms with Gasteiger partial charge in [0, 0.05) is 11.3 Å². The van der Waals surface area contributed by atoms with Crippen LogP contribution in [0.15, 0.2) is 66.7 Å². The molecule has 0 spiro atoms. The molecule has 1 unspecified atom stereocenters. The molecule has 136 valence electrons. The maximum atomic E-state index is 13.5.